The fourth-order valence-corrected chi connectivity index (χ4v) is 2.74. The molecule has 0 heterocycles. The molecule has 0 fully saturated rings. The molecular formula is C17H28O4. The highest BCUT2D eigenvalue weighted by Crippen LogP contribution is 2.31. The highest BCUT2D eigenvalue weighted by Gasteiger charge is 2.30. The number of aliphatic hydroxyl groups excluding tert-OH is 1. The lowest BCUT2D eigenvalue weighted by atomic mass is 9.79. The summed E-state index contributed by atoms with van der Waals surface area (Å²) in [5.74, 6) is -0.337. The number of esters is 1. The first-order valence-electron chi connectivity index (χ1n) is 7.52. The van der Waals surface area contributed by atoms with Crippen LogP contribution in [0.25, 0.3) is 0 Å². The Morgan fingerprint density at radius 2 is 2.10 bits per heavy atom. The number of carbonyl (C=O) groups excluding carboxylic acids is 1. The Bertz CT molecular complexity index is 417. The van der Waals surface area contributed by atoms with Gasteiger partial charge in [-0.1, -0.05) is 12.2 Å². The number of carbonyl (C=O) groups is 1. The van der Waals surface area contributed by atoms with Crippen molar-refractivity contribution in [3.8, 4) is 0 Å². The molecule has 21 heavy (non-hydrogen) atoms. The Morgan fingerprint density at radius 3 is 2.62 bits per heavy atom. The van der Waals surface area contributed by atoms with E-state index in [9.17, 15) is 15.0 Å². The summed E-state index contributed by atoms with van der Waals surface area (Å²) in [7, 11) is 0. The molecule has 1 aliphatic carbocycles. The van der Waals surface area contributed by atoms with Gasteiger partial charge in [0.05, 0.1) is 11.7 Å². The predicted molar refractivity (Wildman–Crippen MR) is 82.7 cm³/mol. The molecule has 1 rings (SSSR count). The molecule has 4 heteroatoms. The zero-order chi connectivity index (χ0) is 16.2. The Hall–Kier alpha value is -1.13. The lowest BCUT2D eigenvalue weighted by Crippen LogP contribution is -2.35. The van der Waals surface area contributed by atoms with Crippen molar-refractivity contribution >= 4 is 5.97 Å². The summed E-state index contributed by atoms with van der Waals surface area (Å²) in [5, 5.41) is 20.5. The molecule has 2 N–H and O–H groups in total. The van der Waals surface area contributed by atoms with Crippen LogP contribution in [0.5, 0.6) is 0 Å². The highest BCUT2D eigenvalue weighted by molar-refractivity contribution is 5.66. The first kappa shape index (κ1) is 17.9. The minimum atomic E-state index is -0.837. The van der Waals surface area contributed by atoms with Gasteiger partial charge in [-0.25, -0.2) is 0 Å². The third-order valence-corrected chi connectivity index (χ3v) is 4.12. The van der Waals surface area contributed by atoms with Crippen molar-refractivity contribution in [1.82, 2.24) is 0 Å². The van der Waals surface area contributed by atoms with Gasteiger partial charge in [0.2, 0.25) is 0 Å². The van der Waals surface area contributed by atoms with Crippen LogP contribution in [-0.4, -0.2) is 34.0 Å². The minimum Gasteiger partial charge on any atom is -0.458 e. The van der Waals surface area contributed by atoms with Crippen LogP contribution in [-0.2, 0) is 9.53 Å². The van der Waals surface area contributed by atoms with Gasteiger partial charge >= 0.3 is 5.97 Å². The van der Waals surface area contributed by atoms with E-state index in [1.54, 1.807) is 13.8 Å². The van der Waals surface area contributed by atoms with Crippen LogP contribution in [0.3, 0.4) is 0 Å². The van der Waals surface area contributed by atoms with E-state index in [-0.39, 0.29) is 18.0 Å². The maximum absolute atomic E-state index is 11.2. The van der Waals surface area contributed by atoms with E-state index in [1.807, 2.05) is 13.0 Å². The maximum atomic E-state index is 11.2. The van der Waals surface area contributed by atoms with Crippen molar-refractivity contribution < 1.29 is 19.7 Å². The SMILES string of the molecule is C=C1CC(OC(C)=O)/C=C(/C)CCC(C(C)(C)O)CC1O. The van der Waals surface area contributed by atoms with E-state index in [0.717, 1.165) is 18.4 Å². The molecule has 0 aliphatic heterocycles. The van der Waals surface area contributed by atoms with Crippen molar-refractivity contribution in [2.75, 3.05) is 0 Å². The smallest absolute Gasteiger partial charge is 0.303 e. The summed E-state index contributed by atoms with van der Waals surface area (Å²) in [6, 6.07) is 0. The van der Waals surface area contributed by atoms with Gasteiger partial charge in [-0.3, -0.25) is 4.79 Å². The van der Waals surface area contributed by atoms with Crippen LogP contribution in [0.4, 0.5) is 0 Å². The lowest BCUT2D eigenvalue weighted by molar-refractivity contribution is -0.144. The number of hydrogen-bond donors (Lipinski definition) is 2. The summed E-state index contributed by atoms with van der Waals surface area (Å²) in [4.78, 5) is 11.2. The molecule has 0 amide bonds. The summed E-state index contributed by atoms with van der Waals surface area (Å²) in [5.41, 5.74) is 0.928. The van der Waals surface area contributed by atoms with Crippen LogP contribution in [0.1, 0.15) is 53.4 Å². The average molecular weight is 296 g/mol. The number of rotatable bonds is 2. The van der Waals surface area contributed by atoms with E-state index in [2.05, 4.69) is 6.58 Å². The second kappa shape index (κ2) is 7.23. The van der Waals surface area contributed by atoms with Gasteiger partial charge in [-0.2, -0.15) is 0 Å². The largest absolute Gasteiger partial charge is 0.458 e. The van der Waals surface area contributed by atoms with Crippen LogP contribution < -0.4 is 0 Å². The molecule has 3 atom stereocenters. The number of allylic oxidation sites excluding steroid dienone is 1. The van der Waals surface area contributed by atoms with Gasteiger partial charge in [0.25, 0.3) is 0 Å². The molecule has 4 nitrogen and oxygen atoms in total. The molecule has 120 valence electrons. The second-order valence-corrected chi connectivity index (χ2v) is 6.66. The number of aliphatic hydroxyl groups is 2. The van der Waals surface area contributed by atoms with Crippen molar-refractivity contribution in [2.24, 2.45) is 5.92 Å². The molecular weight excluding hydrogens is 268 g/mol. The van der Waals surface area contributed by atoms with Crippen LogP contribution in [0.15, 0.2) is 23.8 Å². The Kier molecular flexibility index (Phi) is 6.17. The number of ether oxygens (including phenoxy) is 1. The predicted octanol–water partition coefficient (Wildman–Crippen LogP) is 2.74. The van der Waals surface area contributed by atoms with Gasteiger partial charge in [0.15, 0.2) is 0 Å². The van der Waals surface area contributed by atoms with Crippen LogP contribution in [0, 0.1) is 5.92 Å². The molecule has 0 spiro atoms. The summed E-state index contributed by atoms with van der Waals surface area (Å²) in [6.07, 6.45) is 3.34. The fraction of sp³-hybridized carbons (Fsp3) is 0.706. The van der Waals surface area contributed by atoms with E-state index < -0.39 is 11.7 Å². The topological polar surface area (TPSA) is 66.8 Å². The molecule has 0 bridgehead atoms. The van der Waals surface area contributed by atoms with Gasteiger partial charge in [0.1, 0.15) is 6.10 Å². The Labute approximate surface area is 127 Å². The summed E-state index contributed by atoms with van der Waals surface area (Å²) < 4.78 is 5.27. The normalized spacial score (nSPS) is 31.2. The molecule has 0 aromatic heterocycles. The van der Waals surface area contributed by atoms with E-state index >= 15 is 0 Å². The summed E-state index contributed by atoms with van der Waals surface area (Å²) in [6.45, 7) is 10.9. The summed E-state index contributed by atoms with van der Waals surface area (Å²) >= 11 is 0. The molecule has 0 saturated carbocycles. The molecule has 0 radical (unpaired) electrons. The minimum absolute atomic E-state index is 0.00197. The van der Waals surface area contributed by atoms with Crippen molar-refractivity contribution in [1.29, 1.82) is 0 Å². The first-order chi connectivity index (χ1) is 9.59. The van der Waals surface area contributed by atoms with E-state index in [0.29, 0.717) is 18.4 Å². The quantitative estimate of drug-likeness (QED) is 0.607. The maximum Gasteiger partial charge on any atom is 0.303 e. The van der Waals surface area contributed by atoms with Crippen molar-refractivity contribution in [3.63, 3.8) is 0 Å². The van der Waals surface area contributed by atoms with Crippen molar-refractivity contribution in [2.45, 2.75) is 71.2 Å². The zero-order valence-electron chi connectivity index (χ0n) is 13.6. The molecule has 3 unspecified atom stereocenters. The molecule has 0 aromatic rings. The third-order valence-electron chi connectivity index (χ3n) is 4.12. The van der Waals surface area contributed by atoms with Gasteiger partial charge in [-0.05, 0) is 57.6 Å². The van der Waals surface area contributed by atoms with Crippen LogP contribution >= 0.6 is 0 Å². The van der Waals surface area contributed by atoms with E-state index in [1.165, 1.54) is 6.92 Å². The monoisotopic (exact) mass is 296 g/mol. The zero-order valence-corrected chi connectivity index (χ0v) is 13.6. The Morgan fingerprint density at radius 1 is 1.48 bits per heavy atom. The second-order valence-electron chi connectivity index (χ2n) is 6.66. The van der Waals surface area contributed by atoms with Crippen molar-refractivity contribution in [3.05, 3.63) is 23.8 Å². The van der Waals surface area contributed by atoms with Gasteiger partial charge in [-0.15, -0.1) is 0 Å². The highest BCUT2D eigenvalue weighted by atomic mass is 16.5. The molecule has 1 aliphatic rings. The molecule has 0 aromatic carbocycles. The van der Waals surface area contributed by atoms with Gasteiger partial charge < -0.3 is 14.9 Å². The van der Waals surface area contributed by atoms with Crippen LogP contribution in [0.2, 0.25) is 0 Å². The molecule has 0 saturated heterocycles. The lowest BCUT2D eigenvalue weighted by Gasteiger charge is -2.33. The average Bonchev–Trinajstić information content (AvgIpc) is 2.30. The standard InChI is InChI=1S/C17H28O4/c1-11-6-7-14(17(4,5)20)10-16(19)12(2)9-15(8-11)21-13(3)18/h8,14-16,19-20H,2,6-7,9-10H2,1,3-5H3/b11-8-. The van der Waals surface area contributed by atoms with Gasteiger partial charge in [0, 0.05) is 13.3 Å². The third kappa shape index (κ3) is 6.02. The first-order valence-corrected chi connectivity index (χ1v) is 7.52. The number of hydrogen-bond acceptors (Lipinski definition) is 4. The van der Waals surface area contributed by atoms with E-state index in [4.69, 9.17) is 4.74 Å². The Balaban J connectivity index is 2.95. The fourth-order valence-electron chi connectivity index (χ4n) is 2.74.